The van der Waals surface area contributed by atoms with Gasteiger partial charge in [0.15, 0.2) is 0 Å². The van der Waals surface area contributed by atoms with E-state index in [-0.39, 0.29) is 11.4 Å². The summed E-state index contributed by atoms with van der Waals surface area (Å²) < 4.78 is 0. The first kappa shape index (κ1) is 13.1. The topological polar surface area (TPSA) is 41.1 Å². The highest BCUT2D eigenvalue weighted by molar-refractivity contribution is 5.78. The molecule has 0 saturated heterocycles. The first-order valence-electron chi connectivity index (χ1n) is 6.80. The van der Waals surface area contributed by atoms with Gasteiger partial charge < -0.3 is 10.6 Å². The standard InChI is InChI=1S/C15H22N2O/c1-2-15(9-6-10-15)17-12-14(18)16-11-13-7-4-3-5-8-13/h3-5,7-8,17H,2,6,9-12H2,1H3,(H,16,18). The maximum absolute atomic E-state index is 11.7. The van der Waals surface area contributed by atoms with Gasteiger partial charge in [0.25, 0.3) is 0 Å². The Morgan fingerprint density at radius 3 is 2.56 bits per heavy atom. The molecule has 1 aromatic carbocycles. The monoisotopic (exact) mass is 246 g/mol. The largest absolute Gasteiger partial charge is 0.351 e. The highest BCUT2D eigenvalue weighted by Crippen LogP contribution is 2.34. The van der Waals surface area contributed by atoms with Gasteiger partial charge in [0.2, 0.25) is 5.91 Å². The Hall–Kier alpha value is -1.35. The van der Waals surface area contributed by atoms with Crippen LogP contribution in [0, 0.1) is 0 Å². The number of benzene rings is 1. The molecule has 1 amide bonds. The number of nitrogens with one attached hydrogen (secondary N) is 2. The molecule has 2 N–H and O–H groups in total. The maximum atomic E-state index is 11.7. The van der Waals surface area contributed by atoms with Crippen molar-refractivity contribution in [1.29, 1.82) is 0 Å². The number of carbonyl (C=O) groups excluding carboxylic acids is 1. The molecule has 1 aromatic rings. The number of rotatable bonds is 6. The van der Waals surface area contributed by atoms with E-state index in [0.29, 0.717) is 13.1 Å². The fourth-order valence-electron chi connectivity index (χ4n) is 2.39. The SMILES string of the molecule is CCC1(NCC(=O)NCc2ccccc2)CCC1. The van der Waals surface area contributed by atoms with Crippen molar-refractivity contribution in [1.82, 2.24) is 10.6 Å². The van der Waals surface area contributed by atoms with Gasteiger partial charge in [0, 0.05) is 12.1 Å². The lowest BCUT2D eigenvalue weighted by Gasteiger charge is -2.42. The summed E-state index contributed by atoms with van der Waals surface area (Å²) in [5.74, 6) is 0.0820. The smallest absolute Gasteiger partial charge is 0.234 e. The summed E-state index contributed by atoms with van der Waals surface area (Å²) in [4.78, 5) is 11.7. The molecule has 0 unspecified atom stereocenters. The fourth-order valence-corrected chi connectivity index (χ4v) is 2.39. The summed E-state index contributed by atoms with van der Waals surface area (Å²) in [6.45, 7) is 3.23. The molecule has 1 saturated carbocycles. The van der Waals surface area contributed by atoms with Crippen molar-refractivity contribution in [2.24, 2.45) is 0 Å². The average Bonchev–Trinajstić information content (AvgIpc) is 2.37. The van der Waals surface area contributed by atoms with Crippen LogP contribution in [0.1, 0.15) is 38.2 Å². The van der Waals surface area contributed by atoms with Crippen molar-refractivity contribution in [2.75, 3.05) is 6.54 Å². The third kappa shape index (κ3) is 3.33. The van der Waals surface area contributed by atoms with E-state index >= 15 is 0 Å². The molecule has 0 heterocycles. The number of hydrogen-bond acceptors (Lipinski definition) is 2. The van der Waals surface area contributed by atoms with Crippen LogP contribution >= 0.6 is 0 Å². The molecule has 1 fully saturated rings. The normalized spacial score (nSPS) is 16.9. The van der Waals surface area contributed by atoms with Crippen LogP contribution in [0.2, 0.25) is 0 Å². The molecule has 0 aliphatic heterocycles. The van der Waals surface area contributed by atoms with Crippen molar-refractivity contribution in [3.8, 4) is 0 Å². The van der Waals surface area contributed by atoms with Crippen molar-refractivity contribution in [3.05, 3.63) is 35.9 Å². The van der Waals surface area contributed by atoms with Crippen LogP contribution in [0.15, 0.2) is 30.3 Å². The lowest BCUT2D eigenvalue weighted by Crippen LogP contribution is -2.53. The van der Waals surface area contributed by atoms with Crippen LogP contribution in [0.5, 0.6) is 0 Å². The second kappa shape index (κ2) is 6.01. The molecule has 0 radical (unpaired) electrons. The third-order valence-corrected chi connectivity index (χ3v) is 3.94. The van der Waals surface area contributed by atoms with Gasteiger partial charge in [-0.1, -0.05) is 37.3 Å². The Morgan fingerprint density at radius 1 is 1.28 bits per heavy atom. The zero-order valence-corrected chi connectivity index (χ0v) is 11.0. The Kier molecular flexibility index (Phi) is 4.37. The minimum Gasteiger partial charge on any atom is -0.351 e. The van der Waals surface area contributed by atoms with Crippen LogP contribution in [-0.4, -0.2) is 18.0 Å². The Labute approximate surface area is 109 Å². The number of carbonyl (C=O) groups is 1. The molecule has 3 heteroatoms. The highest BCUT2D eigenvalue weighted by atomic mass is 16.1. The first-order chi connectivity index (χ1) is 8.74. The lowest BCUT2D eigenvalue weighted by atomic mass is 9.75. The van der Waals surface area contributed by atoms with Crippen molar-refractivity contribution >= 4 is 5.91 Å². The lowest BCUT2D eigenvalue weighted by molar-refractivity contribution is -0.121. The van der Waals surface area contributed by atoms with Gasteiger partial charge in [-0.05, 0) is 31.2 Å². The summed E-state index contributed by atoms with van der Waals surface area (Å²) in [6.07, 6.45) is 4.80. The van der Waals surface area contributed by atoms with Crippen LogP contribution < -0.4 is 10.6 Å². The van der Waals surface area contributed by atoms with E-state index in [0.717, 1.165) is 12.0 Å². The Bertz CT molecular complexity index is 379. The van der Waals surface area contributed by atoms with E-state index in [9.17, 15) is 4.79 Å². The molecule has 0 aromatic heterocycles. The molecule has 1 aliphatic rings. The Morgan fingerprint density at radius 2 is 2.00 bits per heavy atom. The summed E-state index contributed by atoms with van der Waals surface area (Å²) >= 11 is 0. The minimum atomic E-state index is 0.0820. The third-order valence-electron chi connectivity index (χ3n) is 3.94. The van der Waals surface area contributed by atoms with Crippen LogP contribution in [0.4, 0.5) is 0 Å². The van der Waals surface area contributed by atoms with Gasteiger partial charge >= 0.3 is 0 Å². The molecular formula is C15H22N2O. The van der Waals surface area contributed by atoms with E-state index in [4.69, 9.17) is 0 Å². The van der Waals surface area contributed by atoms with Gasteiger partial charge in [0.1, 0.15) is 0 Å². The molecule has 1 aliphatic carbocycles. The Balaban J connectivity index is 1.69. The van der Waals surface area contributed by atoms with Gasteiger partial charge in [-0.25, -0.2) is 0 Å². The minimum absolute atomic E-state index is 0.0820. The number of amides is 1. The summed E-state index contributed by atoms with van der Waals surface area (Å²) in [7, 11) is 0. The second-order valence-corrected chi connectivity index (χ2v) is 5.10. The van der Waals surface area contributed by atoms with Crippen molar-refractivity contribution in [3.63, 3.8) is 0 Å². The number of hydrogen-bond donors (Lipinski definition) is 2. The summed E-state index contributed by atoms with van der Waals surface area (Å²) in [5, 5.41) is 6.35. The second-order valence-electron chi connectivity index (χ2n) is 5.10. The molecule has 0 atom stereocenters. The van der Waals surface area contributed by atoms with E-state index in [1.54, 1.807) is 0 Å². The molecule has 2 rings (SSSR count). The molecule has 98 valence electrons. The van der Waals surface area contributed by atoms with E-state index in [2.05, 4.69) is 17.6 Å². The van der Waals surface area contributed by atoms with E-state index in [1.165, 1.54) is 19.3 Å². The van der Waals surface area contributed by atoms with Gasteiger partial charge in [-0.15, -0.1) is 0 Å². The zero-order valence-electron chi connectivity index (χ0n) is 11.0. The van der Waals surface area contributed by atoms with Crippen molar-refractivity contribution < 1.29 is 4.79 Å². The van der Waals surface area contributed by atoms with Crippen LogP contribution in [0.3, 0.4) is 0 Å². The predicted molar refractivity (Wildman–Crippen MR) is 73.2 cm³/mol. The maximum Gasteiger partial charge on any atom is 0.234 e. The van der Waals surface area contributed by atoms with Gasteiger partial charge in [-0.2, -0.15) is 0 Å². The quantitative estimate of drug-likeness (QED) is 0.808. The van der Waals surface area contributed by atoms with Crippen LogP contribution in [-0.2, 0) is 11.3 Å². The molecule has 18 heavy (non-hydrogen) atoms. The van der Waals surface area contributed by atoms with Crippen LogP contribution in [0.25, 0.3) is 0 Å². The molecular weight excluding hydrogens is 224 g/mol. The highest BCUT2D eigenvalue weighted by Gasteiger charge is 2.34. The predicted octanol–water partition coefficient (Wildman–Crippen LogP) is 2.23. The average molecular weight is 246 g/mol. The van der Waals surface area contributed by atoms with Crippen molar-refractivity contribution in [2.45, 2.75) is 44.7 Å². The summed E-state index contributed by atoms with van der Waals surface area (Å²) in [5.41, 5.74) is 1.38. The molecule has 3 nitrogen and oxygen atoms in total. The first-order valence-corrected chi connectivity index (χ1v) is 6.80. The fraction of sp³-hybridized carbons (Fsp3) is 0.533. The molecule has 0 bridgehead atoms. The van der Waals surface area contributed by atoms with E-state index < -0.39 is 0 Å². The van der Waals surface area contributed by atoms with Gasteiger partial charge in [-0.3, -0.25) is 4.79 Å². The zero-order chi connectivity index (χ0) is 12.8. The van der Waals surface area contributed by atoms with E-state index in [1.807, 2.05) is 30.3 Å². The molecule has 0 spiro atoms. The van der Waals surface area contributed by atoms with Gasteiger partial charge in [0.05, 0.1) is 6.54 Å². The summed E-state index contributed by atoms with van der Waals surface area (Å²) in [6, 6.07) is 10.00.